The van der Waals surface area contributed by atoms with Crippen LogP contribution in [0.4, 0.5) is 5.69 Å². The lowest BCUT2D eigenvalue weighted by atomic mass is 9.65. The average Bonchev–Trinajstić information content (AvgIpc) is 3.96. The Kier molecular flexibility index (Phi) is 11.3. The van der Waals surface area contributed by atoms with E-state index in [1.54, 1.807) is 21.3 Å². The zero-order valence-electron chi connectivity index (χ0n) is 31.5. The molecule has 3 aliphatic heterocycles. The van der Waals surface area contributed by atoms with Gasteiger partial charge in [0.15, 0.2) is 23.0 Å². The van der Waals surface area contributed by atoms with Crippen molar-refractivity contribution < 1.29 is 52.3 Å². The fourth-order valence-corrected chi connectivity index (χ4v) is 7.51. The minimum absolute atomic E-state index is 0.0654. The van der Waals surface area contributed by atoms with Crippen molar-refractivity contribution in [3.8, 4) is 34.5 Å². The van der Waals surface area contributed by atoms with Crippen molar-refractivity contribution in [1.82, 2.24) is 15.5 Å². The normalized spacial score (nSPS) is 19.0. The molecule has 0 saturated carbocycles. The van der Waals surface area contributed by atoms with Crippen LogP contribution in [0.2, 0.25) is 0 Å². The molecule has 3 atom stereocenters. The van der Waals surface area contributed by atoms with Crippen LogP contribution in [-0.4, -0.2) is 109 Å². The third kappa shape index (κ3) is 7.51. The number of ether oxygens (including phenoxy) is 7. The first kappa shape index (κ1) is 38.0. The molecule has 0 saturated heterocycles. The second kappa shape index (κ2) is 16.6. The number of amides is 4. The van der Waals surface area contributed by atoms with Crippen molar-refractivity contribution in [1.29, 1.82) is 0 Å². The van der Waals surface area contributed by atoms with Crippen LogP contribution >= 0.6 is 0 Å². The monoisotopic (exact) mass is 769 g/mol. The molecule has 3 aromatic rings. The molecular formula is C40H43N5O11. The molecule has 56 heavy (non-hydrogen) atoms. The van der Waals surface area contributed by atoms with E-state index in [1.807, 2.05) is 53.5 Å². The predicted molar refractivity (Wildman–Crippen MR) is 202 cm³/mol. The van der Waals surface area contributed by atoms with Gasteiger partial charge >= 0.3 is 0 Å². The predicted octanol–water partition coefficient (Wildman–Crippen LogP) is 2.62. The number of anilines is 1. The van der Waals surface area contributed by atoms with E-state index >= 15 is 0 Å². The Hall–Kier alpha value is -6.29. The third-order valence-corrected chi connectivity index (χ3v) is 10.2. The summed E-state index contributed by atoms with van der Waals surface area (Å²) in [7, 11) is 6.24. The number of rotatable bonds is 16. The van der Waals surface area contributed by atoms with E-state index in [0.29, 0.717) is 41.0 Å². The molecule has 3 heterocycles. The maximum atomic E-state index is 14.6. The average molecular weight is 770 g/mol. The number of carbonyl (C=O) groups is 4. The zero-order valence-corrected chi connectivity index (χ0v) is 31.5. The number of carbonyl (C=O) groups excluding carboxylic acids is 4. The van der Waals surface area contributed by atoms with Crippen LogP contribution in [0, 0.1) is 11.8 Å². The molecule has 294 valence electrons. The van der Waals surface area contributed by atoms with Crippen LogP contribution in [0.25, 0.3) is 0 Å². The molecule has 1 aliphatic carbocycles. The summed E-state index contributed by atoms with van der Waals surface area (Å²) >= 11 is 0. The minimum atomic E-state index is -0.679. The van der Waals surface area contributed by atoms with Crippen LogP contribution in [0.1, 0.15) is 29.0 Å². The highest BCUT2D eigenvalue weighted by atomic mass is 16.7. The lowest BCUT2D eigenvalue weighted by Gasteiger charge is -2.38. The van der Waals surface area contributed by atoms with Gasteiger partial charge in [0.05, 0.1) is 72.1 Å². The molecule has 7 rings (SSSR count). The first-order chi connectivity index (χ1) is 27.2. The van der Waals surface area contributed by atoms with Gasteiger partial charge in [-0.05, 0) is 59.7 Å². The van der Waals surface area contributed by atoms with Gasteiger partial charge in [0, 0.05) is 49.1 Å². The molecule has 2 N–H and O–H groups in total. The summed E-state index contributed by atoms with van der Waals surface area (Å²) < 4.78 is 39.6. The van der Waals surface area contributed by atoms with Crippen molar-refractivity contribution >= 4 is 35.0 Å². The molecule has 4 aliphatic rings. The quantitative estimate of drug-likeness (QED) is 0.161. The summed E-state index contributed by atoms with van der Waals surface area (Å²) in [5.41, 5.74) is 3.98. The number of imide groups is 1. The van der Waals surface area contributed by atoms with E-state index in [1.165, 1.54) is 19.3 Å². The Morgan fingerprint density at radius 2 is 1.52 bits per heavy atom. The van der Waals surface area contributed by atoms with Crippen molar-refractivity contribution in [2.45, 2.75) is 12.3 Å². The Morgan fingerprint density at radius 1 is 0.839 bits per heavy atom. The Bertz CT molecular complexity index is 2020. The van der Waals surface area contributed by atoms with Gasteiger partial charge in [-0.25, -0.2) is 0 Å². The summed E-state index contributed by atoms with van der Waals surface area (Å²) in [5.74, 6) is 0.310. The Labute approximate surface area is 323 Å². The van der Waals surface area contributed by atoms with Crippen LogP contribution in [0.3, 0.4) is 0 Å². The number of fused-ring (bicyclic) bond motifs is 4. The smallest absolute Gasteiger partial charge is 0.253 e. The van der Waals surface area contributed by atoms with E-state index in [-0.39, 0.29) is 75.6 Å². The van der Waals surface area contributed by atoms with Crippen LogP contribution in [-0.2, 0) is 23.9 Å². The topological polar surface area (TPSA) is 176 Å². The molecule has 0 spiro atoms. The standard InChI is InChI=1S/C40H43N5O11/c1-50-25-7-5-24(6-8-25)45-21-28-37(40(49)42-13-12-41-33(46)11-15-54-16-14-44-34(47)9-10-35(44)48)36(23-17-31(51-2)39(53-4)32(18-23)52-3)26-19-29-30(56-22-55-29)20-27(26)38(28)43-45/h5-10,17-20,28,36-37H,11-16,21-22H2,1-4H3,(H,41,46)(H,42,49)/t28-,36+,37-/m0/s1. The maximum Gasteiger partial charge on any atom is 0.253 e. The summed E-state index contributed by atoms with van der Waals surface area (Å²) in [6.45, 7) is 1.13. The van der Waals surface area contributed by atoms with E-state index in [9.17, 15) is 19.2 Å². The van der Waals surface area contributed by atoms with Crippen LogP contribution < -0.4 is 44.1 Å². The van der Waals surface area contributed by atoms with Crippen LogP contribution in [0.5, 0.6) is 34.5 Å². The van der Waals surface area contributed by atoms with E-state index in [2.05, 4.69) is 10.6 Å². The molecule has 0 fully saturated rings. The molecule has 0 unspecified atom stereocenters. The molecule has 0 aromatic heterocycles. The van der Waals surface area contributed by atoms with Gasteiger partial charge in [0.25, 0.3) is 11.8 Å². The highest BCUT2D eigenvalue weighted by molar-refractivity contribution is 6.13. The van der Waals surface area contributed by atoms with Crippen molar-refractivity contribution in [2.24, 2.45) is 16.9 Å². The number of benzene rings is 3. The third-order valence-electron chi connectivity index (χ3n) is 10.2. The molecule has 0 bridgehead atoms. The lowest BCUT2D eigenvalue weighted by Crippen LogP contribution is -2.47. The number of hydrogen-bond acceptors (Lipinski definition) is 13. The van der Waals surface area contributed by atoms with Crippen molar-refractivity contribution in [2.75, 3.05) is 79.6 Å². The SMILES string of the molecule is COc1ccc(N2C[C@@H]3C(=N2)c2cc4c(cc2[C@@H](c2cc(OC)c(OC)c(OC)c2)[C@H]3C(=O)NCCNC(=O)CCOCCN2C(=O)C=CC2=O)OCO4)cc1. The Balaban J connectivity index is 1.12. The summed E-state index contributed by atoms with van der Waals surface area (Å²) in [5, 5.41) is 12.9. The fraction of sp³-hybridized carbons (Fsp3) is 0.375. The largest absolute Gasteiger partial charge is 0.497 e. The number of hydrogen-bond donors (Lipinski definition) is 2. The van der Waals surface area contributed by atoms with E-state index in [4.69, 9.17) is 38.3 Å². The molecule has 16 nitrogen and oxygen atoms in total. The minimum Gasteiger partial charge on any atom is -0.497 e. The van der Waals surface area contributed by atoms with Crippen molar-refractivity contribution in [3.63, 3.8) is 0 Å². The molecular weight excluding hydrogens is 726 g/mol. The van der Waals surface area contributed by atoms with E-state index < -0.39 is 11.8 Å². The first-order valence-electron chi connectivity index (χ1n) is 18.1. The second-order valence-electron chi connectivity index (χ2n) is 13.3. The summed E-state index contributed by atoms with van der Waals surface area (Å²) in [4.78, 5) is 51.7. The van der Waals surface area contributed by atoms with Gasteiger partial charge in [-0.3, -0.25) is 29.1 Å². The van der Waals surface area contributed by atoms with Gasteiger partial charge in [0.1, 0.15) is 5.75 Å². The van der Waals surface area contributed by atoms with Gasteiger partial charge in [0.2, 0.25) is 24.4 Å². The Morgan fingerprint density at radius 3 is 2.18 bits per heavy atom. The van der Waals surface area contributed by atoms with E-state index in [0.717, 1.165) is 33.0 Å². The van der Waals surface area contributed by atoms with Crippen LogP contribution in [0.15, 0.2) is 65.8 Å². The maximum absolute atomic E-state index is 14.6. The first-order valence-corrected chi connectivity index (χ1v) is 18.1. The van der Waals surface area contributed by atoms with Gasteiger partial charge < -0.3 is 43.8 Å². The van der Waals surface area contributed by atoms with Crippen molar-refractivity contribution in [3.05, 3.63) is 77.4 Å². The molecule has 0 radical (unpaired) electrons. The number of methoxy groups -OCH3 is 4. The van der Waals surface area contributed by atoms with Gasteiger partial charge in [-0.2, -0.15) is 5.10 Å². The van der Waals surface area contributed by atoms with Gasteiger partial charge in [-0.1, -0.05) is 0 Å². The number of nitrogens with one attached hydrogen (secondary N) is 2. The second-order valence-corrected chi connectivity index (χ2v) is 13.3. The fourth-order valence-electron chi connectivity index (χ4n) is 7.51. The summed E-state index contributed by atoms with van der Waals surface area (Å²) in [6.07, 6.45) is 2.49. The molecule has 4 amide bonds. The lowest BCUT2D eigenvalue weighted by molar-refractivity contribution is -0.138. The summed E-state index contributed by atoms with van der Waals surface area (Å²) in [6, 6.07) is 15.1. The number of hydrazone groups is 1. The highest BCUT2D eigenvalue weighted by Crippen LogP contribution is 2.52. The van der Waals surface area contributed by atoms with Gasteiger partial charge in [-0.15, -0.1) is 0 Å². The molecule has 16 heteroatoms. The zero-order chi connectivity index (χ0) is 39.3. The number of nitrogens with zero attached hydrogens (tertiary/aromatic N) is 3. The highest BCUT2D eigenvalue weighted by Gasteiger charge is 2.49. The molecule has 3 aromatic carbocycles.